The Balaban J connectivity index is 1.45. The number of hydrogen-bond donors (Lipinski definition) is 2. The monoisotopic (exact) mass is 604 g/mol. The fourth-order valence-corrected chi connectivity index (χ4v) is 6.34. The molecule has 3 amide bonds. The predicted octanol–water partition coefficient (Wildman–Crippen LogP) is 1.64. The molecule has 3 heterocycles. The first kappa shape index (κ1) is 29.4. The van der Waals surface area contributed by atoms with Crippen molar-refractivity contribution in [3.63, 3.8) is 0 Å². The summed E-state index contributed by atoms with van der Waals surface area (Å²) >= 11 is 1.22. The minimum absolute atomic E-state index is 0.201. The van der Waals surface area contributed by atoms with E-state index in [1.807, 2.05) is 6.07 Å². The lowest BCUT2D eigenvalue weighted by Crippen LogP contribution is -2.73. The predicted molar refractivity (Wildman–Crippen MR) is 152 cm³/mol. The number of thioether (sulfide) groups is 1. The summed E-state index contributed by atoms with van der Waals surface area (Å²) in [6, 6.07) is 16.4. The number of aromatic nitrogens is 1. The lowest BCUT2D eigenvalue weighted by Gasteiger charge is -2.52. The van der Waals surface area contributed by atoms with Gasteiger partial charge in [-0.3, -0.25) is 34.3 Å². The van der Waals surface area contributed by atoms with Crippen LogP contribution in [0.25, 0.3) is 0 Å². The number of carboxylic acids is 1. The van der Waals surface area contributed by atoms with Crippen LogP contribution >= 0.6 is 11.8 Å². The van der Waals surface area contributed by atoms with Crippen LogP contribution in [0.3, 0.4) is 0 Å². The Labute approximate surface area is 249 Å². The van der Waals surface area contributed by atoms with Crippen LogP contribution in [-0.4, -0.2) is 67.3 Å². The maximum atomic E-state index is 13.8. The minimum atomic E-state index is -1.37. The molecule has 0 saturated carbocycles. The first-order valence-corrected chi connectivity index (χ1v) is 14.1. The first-order valence-electron chi connectivity index (χ1n) is 13.1. The number of nitrogens with zero attached hydrogens (tertiary/aromatic N) is 4. The lowest BCUT2D eigenvalue weighted by atomic mass is 9.98. The van der Waals surface area contributed by atoms with E-state index in [1.165, 1.54) is 36.0 Å². The molecule has 0 aliphatic carbocycles. The number of ether oxygens (including phenoxy) is 1. The highest BCUT2D eigenvalue weighted by molar-refractivity contribution is 8.00. The maximum absolute atomic E-state index is 13.8. The van der Waals surface area contributed by atoms with Gasteiger partial charge in [0.05, 0.1) is 4.92 Å². The third kappa shape index (κ3) is 5.82. The van der Waals surface area contributed by atoms with E-state index in [0.717, 1.165) is 4.90 Å². The molecular formula is C29H26N5O8S+. The van der Waals surface area contributed by atoms with E-state index in [0.29, 0.717) is 16.0 Å². The molecule has 2 aliphatic heterocycles. The molecule has 3 N–H and O–H groups in total. The standard InChI is InChI=1S/C29H25N5O8S/c30-23(18-9-3-1-4-10-18)26(36)32(22(35)16-42-21-12-6-5-11-20(21)34(40)41)25-27(37)33-24(29(38)39)19(17-43-28(25)33)15-31-13-7-2-8-14-31/h1-14,23,25,28H,15-17,30H2/p+1/t23-,25?,28-/m1/s1. The number of para-hydroxylation sites is 2. The Kier molecular flexibility index (Phi) is 8.50. The molecule has 2 aliphatic rings. The van der Waals surface area contributed by atoms with Gasteiger partial charge in [0.1, 0.15) is 23.2 Å². The summed E-state index contributed by atoms with van der Waals surface area (Å²) in [6.07, 6.45) is 3.54. The van der Waals surface area contributed by atoms with Gasteiger partial charge in [-0.25, -0.2) is 9.36 Å². The van der Waals surface area contributed by atoms with Crippen LogP contribution in [0.15, 0.2) is 96.5 Å². The van der Waals surface area contributed by atoms with Crippen molar-refractivity contribution in [2.75, 3.05) is 12.4 Å². The number of β-lactam (4-membered cyclic amide) rings is 1. The van der Waals surface area contributed by atoms with Crippen LogP contribution in [-0.2, 0) is 25.7 Å². The highest BCUT2D eigenvalue weighted by Gasteiger charge is 2.59. The third-order valence-electron chi connectivity index (χ3n) is 6.99. The van der Waals surface area contributed by atoms with Gasteiger partial charge in [0.2, 0.25) is 0 Å². The molecule has 3 atom stereocenters. The van der Waals surface area contributed by atoms with E-state index in [2.05, 4.69) is 0 Å². The maximum Gasteiger partial charge on any atom is 0.352 e. The molecular weight excluding hydrogens is 578 g/mol. The Morgan fingerprint density at radius 3 is 2.42 bits per heavy atom. The van der Waals surface area contributed by atoms with Crippen molar-refractivity contribution < 1.29 is 38.5 Å². The number of carbonyl (C=O) groups is 4. The summed E-state index contributed by atoms with van der Waals surface area (Å²) in [4.78, 5) is 65.9. The van der Waals surface area contributed by atoms with Crippen molar-refractivity contribution in [2.24, 2.45) is 5.73 Å². The SMILES string of the molecule is N[C@@H](C(=O)N(C(=O)COc1ccccc1[N+](=O)[O-])C1C(=O)N2C(C(=O)O)=C(C[n+]3ccccc3)CS[C@H]12)c1ccccc1. The van der Waals surface area contributed by atoms with E-state index < -0.39 is 52.7 Å². The molecule has 43 heavy (non-hydrogen) atoms. The van der Waals surface area contributed by atoms with E-state index in [4.69, 9.17) is 10.5 Å². The molecule has 1 aromatic heterocycles. The van der Waals surface area contributed by atoms with Crippen LogP contribution in [0.1, 0.15) is 11.6 Å². The number of nitrogens with two attached hydrogens (primary N) is 1. The van der Waals surface area contributed by atoms with Crippen molar-refractivity contribution >= 4 is 41.1 Å². The van der Waals surface area contributed by atoms with Crippen LogP contribution < -0.4 is 15.0 Å². The van der Waals surface area contributed by atoms with Gasteiger partial charge in [-0.15, -0.1) is 11.8 Å². The number of carbonyl (C=O) groups excluding carboxylic acids is 3. The lowest BCUT2D eigenvalue weighted by molar-refractivity contribution is -0.689. The fraction of sp³-hybridized carbons (Fsp3) is 0.207. The number of nitro groups is 1. The molecule has 0 radical (unpaired) electrons. The van der Waals surface area contributed by atoms with Gasteiger partial charge in [0.15, 0.2) is 31.3 Å². The number of aliphatic carboxylic acids is 1. The Hall–Kier alpha value is -5.08. The molecule has 13 nitrogen and oxygen atoms in total. The van der Waals surface area contributed by atoms with Crippen molar-refractivity contribution in [3.05, 3.63) is 112 Å². The number of amides is 3. The Morgan fingerprint density at radius 1 is 1.09 bits per heavy atom. The Morgan fingerprint density at radius 2 is 1.74 bits per heavy atom. The number of carboxylic acid groups (broad SMARTS) is 1. The topological polar surface area (TPSA) is 177 Å². The van der Waals surface area contributed by atoms with E-state index >= 15 is 0 Å². The smallest absolute Gasteiger partial charge is 0.352 e. The van der Waals surface area contributed by atoms with Crippen LogP contribution in [0.4, 0.5) is 5.69 Å². The van der Waals surface area contributed by atoms with Crippen LogP contribution in [0, 0.1) is 10.1 Å². The van der Waals surface area contributed by atoms with E-state index in [1.54, 1.807) is 59.4 Å². The van der Waals surface area contributed by atoms with Crippen LogP contribution in [0.2, 0.25) is 0 Å². The van der Waals surface area contributed by atoms with Crippen LogP contribution in [0.5, 0.6) is 5.75 Å². The van der Waals surface area contributed by atoms with Gasteiger partial charge in [0.25, 0.3) is 17.7 Å². The summed E-state index contributed by atoms with van der Waals surface area (Å²) in [5.41, 5.74) is 6.54. The molecule has 0 spiro atoms. The van der Waals surface area contributed by atoms with Crippen molar-refractivity contribution in [3.8, 4) is 5.75 Å². The van der Waals surface area contributed by atoms with Gasteiger partial charge in [-0.05, 0) is 11.6 Å². The number of rotatable bonds is 10. The number of hydrogen-bond acceptors (Lipinski definition) is 9. The number of fused-ring (bicyclic) bond motifs is 1. The molecule has 14 heteroatoms. The Bertz CT molecular complexity index is 1620. The van der Waals surface area contributed by atoms with Gasteiger partial charge in [-0.2, -0.15) is 0 Å². The quantitative estimate of drug-likeness (QED) is 0.150. The zero-order valence-electron chi connectivity index (χ0n) is 22.5. The van der Waals surface area contributed by atoms with Crippen molar-refractivity contribution in [1.82, 2.24) is 9.80 Å². The molecule has 0 bridgehead atoms. The molecule has 1 saturated heterocycles. The zero-order valence-corrected chi connectivity index (χ0v) is 23.3. The van der Waals surface area contributed by atoms with Gasteiger partial charge in [-0.1, -0.05) is 48.5 Å². The second-order valence-corrected chi connectivity index (χ2v) is 10.8. The number of benzene rings is 2. The number of imide groups is 1. The largest absolute Gasteiger partial charge is 0.477 e. The zero-order chi connectivity index (χ0) is 30.7. The minimum Gasteiger partial charge on any atom is -0.477 e. The molecule has 1 fully saturated rings. The van der Waals surface area contributed by atoms with E-state index in [-0.39, 0.29) is 29.4 Å². The van der Waals surface area contributed by atoms with Gasteiger partial charge < -0.3 is 15.6 Å². The molecule has 2 aromatic carbocycles. The number of nitro benzene ring substituents is 1. The molecule has 1 unspecified atom stereocenters. The summed E-state index contributed by atoms with van der Waals surface area (Å²) in [5, 5.41) is 20.6. The number of pyridine rings is 1. The van der Waals surface area contributed by atoms with Gasteiger partial charge >= 0.3 is 11.7 Å². The summed E-state index contributed by atoms with van der Waals surface area (Å²) in [5.74, 6) is -3.91. The normalized spacial score (nSPS) is 18.3. The summed E-state index contributed by atoms with van der Waals surface area (Å²) in [6.45, 7) is -0.586. The second kappa shape index (κ2) is 12.4. The highest BCUT2D eigenvalue weighted by Crippen LogP contribution is 2.43. The van der Waals surface area contributed by atoms with E-state index in [9.17, 15) is 34.4 Å². The third-order valence-corrected chi connectivity index (χ3v) is 8.32. The fourth-order valence-electron chi connectivity index (χ4n) is 4.96. The summed E-state index contributed by atoms with van der Waals surface area (Å²) < 4.78 is 7.22. The molecule has 220 valence electrons. The van der Waals surface area contributed by atoms with Gasteiger partial charge in [0, 0.05) is 29.5 Å². The molecule has 3 aromatic rings. The first-order chi connectivity index (χ1) is 20.7. The average Bonchev–Trinajstić information content (AvgIpc) is 3.02. The second-order valence-electron chi connectivity index (χ2n) is 9.66. The average molecular weight is 605 g/mol. The highest BCUT2D eigenvalue weighted by atomic mass is 32.2. The molecule has 5 rings (SSSR count). The van der Waals surface area contributed by atoms with Crippen molar-refractivity contribution in [1.29, 1.82) is 0 Å². The van der Waals surface area contributed by atoms with Crippen molar-refractivity contribution in [2.45, 2.75) is 24.0 Å². The summed E-state index contributed by atoms with van der Waals surface area (Å²) in [7, 11) is 0.